The molecule has 1 amide bonds. The number of imidazole rings is 1. The van der Waals surface area contributed by atoms with Crippen LogP contribution in [-0.2, 0) is 14.1 Å². The summed E-state index contributed by atoms with van der Waals surface area (Å²) in [5.41, 5.74) is 0.955. The van der Waals surface area contributed by atoms with Crippen LogP contribution in [0.15, 0.2) is 33.9 Å². The number of nitrogens with one attached hydrogen (secondary N) is 2. The van der Waals surface area contributed by atoms with Crippen molar-refractivity contribution in [1.82, 2.24) is 24.4 Å². The molecule has 3 aromatic rings. The first-order valence-corrected chi connectivity index (χ1v) is 7.98. The van der Waals surface area contributed by atoms with Crippen molar-refractivity contribution < 1.29 is 4.79 Å². The molecule has 0 saturated carbocycles. The summed E-state index contributed by atoms with van der Waals surface area (Å²) in [6, 6.07) is 6.97. The third-order valence-corrected chi connectivity index (χ3v) is 4.08. The van der Waals surface area contributed by atoms with Crippen LogP contribution in [0, 0.1) is 0 Å². The zero-order valence-corrected chi connectivity index (χ0v) is 14.3. The summed E-state index contributed by atoms with van der Waals surface area (Å²) < 4.78 is 2.94. The number of rotatable bonds is 4. The average molecular weight is 341 g/mol. The first kappa shape index (κ1) is 16.7. The maximum Gasteiger partial charge on any atom is 0.329 e. The van der Waals surface area contributed by atoms with Gasteiger partial charge in [0.2, 0.25) is 0 Å². The maximum absolute atomic E-state index is 12.1. The number of hydrogen-bond acceptors (Lipinski definition) is 4. The normalized spacial score (nSPS) is 11.0. The molecule has 0 spiro atoms. The van der Waals surface area contributed by atoms with E-state index >= 15 is 0 Å². The van der Waals surface area contributed by atoms with E-state index in [9.17, 15) is 14.4 Å². The Balaban J connectivity index is 2.05. The van der Waals surface area contributed by atoms with Gasteiger partial charge >= 0.3 is 5.69 Å². The standard InChI is InChI=1S/C17H19N5O3/c1-4-9-18-15(23)11-7-5-10(6-8-11)13-19-14-12(21(13)2)16(24)20-17(25)22(14)3/h5-8H,4,9H2,1-3H3,(H,18,23)(H,20,24,25). The lowest BCUT2D eigenvalue weighted by Crippen LogP contribution is -2.29. The van der Waals surface area contributed by atoms with Crippen LogP contribution >= 0.6 is 0 Å². The van der Waals surface area contributed by atoms with Crippen LogP contribution in [0.3, 0.4) is 0 Å². The van der Waals surface area contributed by atoms with Gasteiger partial charge in [0.05, 0.1) is 0 Å². The average Bonchev–Trinajstić information content (AvgIpc) is 2.96. The summed E-state index contributed by atoms with van der Waals surface area (Å²) in [7, 11) is 3.27. The highest BCUT2D eigenvalue weighted by molar-refractivity contribution is 5.94. The second-order valence-electron chi connectivity index (χ2n) is 5.82. The van der Waals surface area contributed by atoms with Crippen molar-refractivity contribution in [1.29, 1.82) is 0 Å². The smallest absolute Gasteiger partial charge is 0.329 e. The van der Waals surface area contributed by atoms with Crippen molar-refractivity contribution in [3.05, 3.63) is 50.7 Å². The Morgan fingerprint density at radius 1 is 1.16 bits per heavy atom. The SMILES string of the molecule is CCCNC(=O)c1ccc(-c2nc3c(c(=O)[nH]c(=O)n3C)n2C)cc1. The third-order valence-electron chi connectivity index (χ3n) is 4.08. The molecular formula is C17H19N5O3. The van der Waals surface area contributed by atoms with Gasteiger partial charge in [-0.3, -0.25) is 19.1 Å². The predicted octanol–water partition coefficient (Wildman–Crippen LogP) is 0.767. The minimum Gasteiger partial charge on any atom is -0.352 e. The number of benzene rings is 1. The van der Waals surface area contributed by atoms with Crippen molar-refractivity contribution in [2.24, 2.45) is 14.1 Å². The number of aryl methyl sites for hydroxylation is 2. The molecule has 25 heavy (non-hydrogen) atoms. The number of aromatic nitrogens is 4. The molecule has 0 aliphatic rings. The Morgan fingerprint density at radius 2 is 1.84 bits per heavy atom. The summed E-state index contributed by atoms with van der Waals surface area (Å²) in [5, 5.41) is 2.82. The Hall–Kier alpha value is -3.16. The van der Waals surface area contributed by atoms with E-state index in [0.717, 1.165) is 12.0 Å². The molecule has 2 heterocycles. The summed E-state index contributed by atoms with van der Waals surface area (Å²) in [6.07, 6.45) is 0.872. The second-order valence-corrected chi connectivity index (χ2v) is 5.82. The van der Waals surface area contributed by atoms with E-state index in [2.05, 4.69) is 15.3 Å². The summed E-state index contributed by atoms with van der Waals surface area (Å²) in [5.74, 6) is 0.416. The van der Waals surface area contributed by atoms with Crippen molar-refractivity contribution in [3.63, 3.8) is 0 Å². The van der Waals surface area contributed by atoms with Crippen LogP contribution in [0.4, 0.5) is 0 Å². The number of nitrogens with zero attached hydrogens (tertiary/aromatic N) is 3. The molecule has 8 heteroatoms. The second kappa shape index (κ2) is 6.39. The zero-order chi connectivity index (χ0) is 18.1. The van der Waals surface area contributed by atoms with Gasteiger partial charge in [-0.05, 0) is 18.6 Å². The highest BCUT2D eigenvalue weighted by Crippen LogP contribution is 2.21. The van der Waals surface area contributed by atoms with Crippen LogP contribution < -0.4 is 16.6 Å². The number of amides is 1. The number of fused-ring (bicyclic) bond motifs is 1. The summed E-state index contributed by atoms with van der Waals surface area (Å²) >= 11 is 0. The van der Waals surface area contributed by atoms with Gasteiger partial charge in [0, 0.05) is 31.8 Å². The van der Waals surface area contributed by atoms with Crippen LogP contribution in [0.5, 0.6) is 0 Å². The number of hydrogen-bond donors (Lipinski definition) is 2. The molecular weight excluding hydrogens is 322 g/mol. The fourth-order valence-electron chi connectivity index (χ4n) is 2.68. The Labute approximate surface area is 143 Å². The molecule has 0 atom stereocenters. The number of H-pyrrole nitrogens is 1. The largest absolute Gasteiger partial charge is 0.352 e. The van der Waals surface area contributed by atoms with Gasteiger partial charge in [0.1, 0.15) is 5.82 Å². The molecule has 1 aromatic carbocycles. The molecule has 8 nitrogen and oxygen atoms in total. The maximum atomic E-state index is 12.1. The van der Waals surface area contributed by atoms with Crippen LogP contribution in [0.1, 0.15) is 23.7 Å². The van der Waals surface area contributed by atoms with Crippen molar-refractivity contribution in [3.8, 4) is 11.4 Å². The van der Waals surface area contributed by atoms with Crippen molar-refractivity contribution in [2.45, 2.75) is 13.3 Å². The van der Waals surface area contributed by atoms with E-state index in [1.165, 1.54) is 4.57 Å². The van der Waals surface area contributed by atoms with Gasteiger partial charge in [0.15, 0.2) is 11.2 Å². The highest BCUT2D eigenvalue weighted by Gasteiger charge is 2.16. The fourth-order valence-corrected chi connectivity index (χ4v) is 2.68. The minimum absolute atomic E-state index is 0.128. The highest BCUT2D eigenvalue weighted by atomic mass is 16.2. The Morgan fingerprint density at radius 3 is 2.48 bits per heavy atom. The van der Waals surface area contributed by atoms with E-state index in [4.69, 9.17) is 0 Å². The molecule has 0 saturated heterocycles. The molecule has 0 radical (unpaired) electrons. The molecule has 130 valence electrons. The first-order valence-electron chi connectivity index (χ1n) is 7.98. The minimum atomic E-state index is -0.509. The topological polar surface area (TPSA) is 102 Å². The third kappa shape index (κ3) is 2.86. The van der Waals surface area contributed by atoms with Crippen LogP contribution in [0.2, 0.25) is 0 Å². The molecule has 0 unspecified atom stereocenters. The summed E-state index contributed by atoms with van der Waals surface area (Å²) in [4.78, 5) is 42.5. The van der Waals surface area contributed by atoms with Gasteiger partial charge < -0.3 is 9.88 Å². The van der Waals surface area contributed by atoms with Gasteiger partial charge in [0.25, 0.3) is 11.5 Å². The van der Waals surface area contributed by atoms with Crippen molar-refractivity contribution in [2.75, 3.05) is 6.54 Å². The number of carbonyl (C=O) groups excluding carboxylic acids is 1. The molecule has 2 aromatic heterocycles. The molecule has 3 rings (SSSR count). The van der Waals surface area contributed by atoms with E-state index in [0.29, 0.717) is 29.1 Å². The summed E-state index contributed by atoms with van der Waals surface area (Å²) in [6.45, 7) is 2.62. The molecule has 0 fully saturated rings. The Kier molecular flexibility index (Phi) is 4.26. The lowest BCUT2D eigenvalue weighted by molar-refractivity contribution is 0.0953. The lowest BCUT2D eigenvalue weighted by atomic mass is 10.1. The van der Waals surface area contributed by atoms with Gasteiger partial charge in [-0.15, -0.1) is 0 Å². The monoisotopic (exact) mass is 341 g/mol. The van der Waals surface area contributed by atoms with Gasteiger partial charge in [-0.2, -0.15) is 0 Å². The van der Waals surface area contributed by atoms with Crippen molar-refractivity contribution >= 4 is 17.1 Å². The first-order chi connectivity index (χ1) is 11.9. The van der Waals surface area contributed by atoms with Gasteiger partial charge in [-0.25, -0.2) is 9.78 Å². The van der Waals surface area contributed by atoms with E-state index in [1.807, 2.05) is 6.92 Å². The fraction of sp³-hybridized carbons (Fsp3) is 0.294. The van der Waals surface area contributed by atoms with Crippen LogP contribution in [0.25, 0.3) is 22.6 Å². The predicted molar refractivity (Wildman–Crippen MR) is 94.6 cm³/mol. The molecule has 2 N–H and O–H groups in total. The van der Waals surface area contributed by atoms with E-state index in [-0.39, 0.29) is 5.91 Å². The molecule has 0 aliphatic carbocycles. The zero-order valence-electron chi connectivity index (χ0n) is 14.3. The molecule has 0 bridgehead atoms. The Bertz CT molecular complexity index is 1060. The lowest BCUT2D eigenvalue weighted by Gasteiger charge is -2.05. The quantitative estimate of drug-likeness (QED) is 0.731. The van der Waals surface area contributed by atoms with E-state index < -0.39 is 11.2 Å². The van der Waals surface area contributed by atoms with Crippen LogP contribution in [-0.4, -0.2) is 31.6 Å². The van der Waals surface area contributed by atoms with Gasteiger partial charge in [-0.1, -0.05) is 19.1 Å². The van der Waals surface area contributed by atoms with E-state index in [1.54, 1.807) is 42.9 Å². The molecule has 0 aliphatic heterocycles. The number of carbonyl (C=O) groups is 1. The number of aromatic amines is 1.